The Kier molecular flexibility index (Phi) is 6.12. The summed E-state index contributed by atoms with van der Waals surface area (Å²) in [6.45, 7) is 1.31. The van der Waals surface area contributed by atoms with Crippen molar-refractivity contribution in [2.75, 3.05) is 13.1 Å². The van der Waals surface area contributed by atoms with Crippen LogP contribution in [0.2, 0.25) is 0 Å². The summed E-state index contributed by atoms with van der Waals surface area (Å²) < 4.78 is 13.0. The number of aromatic nitrogens is 1. The zero-order valence-electron chi connectivity index (χ0n) is 16.9. The van der Waals surface area contributed by atoms with E-state index in [0.29, 0.717) is 25.1 Å². The minimum Gasteiger partial charge on any atom is -0.361 e. The van der Waals surface area contributed by atoms with Crippen molar-refractivity contribution in [3.63, 3.8) is 0 Å². The van der Waals surface area contributed by atoms with Gasteiger partial charge in [-0.3, -0.25) is 9.59 Å². The number of rotatable bonds is 6. The van der Waals surface area contributed by atoms with Crippen LogP contribution in [0.1, 0.15) is 41.6 Å². The molecule has 3 aromatic rings. The highest BCUT2D eigenvalue weighted by atomic mass is 19.1. The van der Waals surface area contributed by atoms with E-state index in [-0.39, 0.29) is 23.7 Å². The van der Waals surface area contributed by atoms with Crippen molar-refractivity contribution in [2.45, 2.75) is 38.1 Å². The first kappa shape index (κ1) is 20.1. The average molecular weight is 407 g/mol. The van der Waals surface area contributed by atoms with E-state index in [1.54, 1.807) is 0 Å². The molecule has 1 aliphatic rings. The van der Waals surface area contributed by atoms with Crippen molar-refractivity contribution >= 4 is 22.7 Å². The molecule has 5 nitrogen and oxygen atoms in total. The monoisotopic (exact) mass is 407 g/mol. The normalized spacial score (nSPS) is 14.8. The van der Waals surface area contributed by atoms with Crippen LogP contribution in [0.5, 0.6) is 0 Å². The third-order valence-electron chi connectivity index (χ3n) is 5.80. The number of piperidine rings is 1. The highest BCUT2D eigenvalue weighted by Gasteiger charge is 2.24. The summed E-state index contributed by atoms with van der Waals surface area (Å²) in [6.07, 6.45) is 5.74. The number of benzene rings is 2. The van der Waals surface area contributed by atoms with Crippen LogP contribution >= 0.6 is 0 Å². The maximum Gasteiger partial charge on any atom is 0.251 e. The fraction of sp³-hybridized carbons (Fsp3) is 0.333. The molecule has 2 heterocycles. The number of carbonyl (C=O) groups excluding carboxylic acids is 2. The lowest BCUT2D eigenvalue weighted by molar-refractivity contribution is -0.132. The van der Waals surface area contributed by atoms with Crippen LogP contribution < -0.4 is 5.32 Å². The third-order valence-corrected chi connectivity index (χ3v) is 5.80. The Morgan fingerprint density at radius 2 is 1.80 bits per heavy atom. The molecule has 2 N–H and O–H groups in total. The molecule has 0 unspecified atom stereocenters. The van der Waals surface area contributed by atoms with E-state index in [1.807, 2.05) is 23.2 Å². The highest BCUT2D eigenvalue weighted by molar-refractivity contribution is 5.94. The molecule has 2 aromatic carbocycles. The minimum absolute atomic E-state index is 0.0397. The number of para-hydroxylation sites is 1. The van der Waals surface area contributed by atoms with Gasteiger partial charge in [0.1, 0.15) is 5.82 Å². The molecule has 30 heavy (non-hydrogen) atoms. The van der Waals surface area contributed by atoms with E-state index in [2.05, 4.69) is 22.4 Å². The van der Waals surface area contributed by atoms with Gasteiger partial charge in [0.05, 0.1) is 0 Å². The first-order chi connectivity index (χ1) is 14.6. The van der Waals surface area contributed by atoms with Crippen molar-refractivity contribution in [1.29, 1.82) is 0 Å². The number of carbonyl (C=O) groups is 2. The van der Waals surface area contributed by atoms with Gasteiger partial charge in [-0.05, 0) is 61.6 Å². The molecule has 1 aromatic heterocycles. The number of aryl methyl sites for hydroxylation is 1. The molecule has 6 heteroatoms. The Morgan fingerprint density at radius 3 is 2.57 bits per heavy atom. The quantitative estimate of drug-likeness (QED) is 0.647. The van der Waals surface area contributed by atoms with Gasteiger partial charge in [-0.2, -0.15) is 0 Å². The van der Waals surface area contributed by atoms with Crippen LogP contribution in [0.25, 0.3) is 10.9 Å². The third kappa shape index (κ3) is 4.70. The van der Waals surface area contributed by atoms with E-state index >= 15 is 0 Å². The number of likely N-dealkylation sites (tertiary alicyclic amines) is 1. The van der Waals surface area contributed by atoms with Crippen LogP contribution in [-0.4, -0.2) is 40.8 Å². The van der Waals surface area contributed by atoms with E-state index < -0.39 is 0 Å². The molecule has 0 saturated carbocycles. The summed E-state index contributed by atoms with van der Waals surface area (Å²) in [5.74, 6) is -0.375. The van der Waals surface area contributed by atoms with E-state index in [9.17, 15) is 14.0 Å². The zero-order valence-corrected chi connectivity index (χ0v) is 16.9. The first-order valence-corrected chi connectivity index (χ1v) is 10.5. The van der Waals surface area contributed by atoms with Gasteiger partial charge in [-0.1, -0.05) is 18.2 Å². The number of amides is 2. The zero-order chi connectivity index (χ0) is 20.9. The van der Waals surface area contributed by atoms with Gasteiger partial charge in [0, 0.05) is 48.2 Å². The molecule has 156 valence electrons. The van der Waals surface area contributed by atoms with Crippen LogP contribution in [0.15, 0.2) is 54.7 Å². The van der Waals surface area contributed by atoms with E-state index in [0.717, 1.165) is 31.2 Å². The van der Waals surface area contributed by atoms with E-state index in [1.165, 1.54) is 35.2 Å². The van der Waals surface area contributed by atoms with Gasteiger partial charge in [0.25, 0.3) is 5.91 Å². The van der Waals surface area contributed by atoms with Crippen molar-refractivity contribution < 1.29 is 14.0 Å². The van der Waals surface area contributed by atoms with Crippen LogP contribution in [0.3, 0.4) is 0 Å². The Bertz CT molecular complexity index is 1020. The summed E-state index contributed by atoms with van der Waals surface area (Å²) in [5.41, 5.74) is 2.83. The molecule has 1 fully saturated rings. The smallest absolute Gasteiger partial charge is 0.251 e. The molecular formula is C24H26FN3O2. The van der Waals surface area contributed by atoms with Gasteiger partial charge in [0.2, 0.25) is 5.91 Å². The lowest BCUT2D eigenvalue weighted by Gasteiger charge is -2.32. The van der Waals surface area contributed by atoms with E-state index in [4.69, 9.17) is 0 Å². The second-order valence-electron chi connectivity index (χ2n) is 7.85. The summed E-state index contributed by atoms with van der Waals surface area (Å²) in [4.78, 5) is 30.0. The number of fused-ring (bicyclic) bond motifs is 1. The first-order valence-electron chi connectivity index (χ1n) is 10.5. The number of hydrogen-bond acceptors (Lipinski definition) is 2. The molecule has 2 amide bonds. The molecule has 1 aliphatic heterocycles. The van der Waals surface area contributed by atoms with Gasteiger partial charge in [-0.25, -0.2) is 4.39 Å². The fourth-order valence-corrected chi connectivity index (χ4v) is 4.07. The van der Waals surface area contributed by atoms with Gasteiger partial charge in [0.15, 0.2) is 0 Å². The Morgan fingerprint density at radius 1 is 1.07 bits per heavy atom. The second kappa shape index (κ2) is 9.11. The Balaban J connectivity index is 1.20. The SMILES string of the molecule is O=C(NC1CCN(C(=O)CCCc2c[nH]c3ccccc23)CC1)c1ccc(F)cc1. The topological polar surface area (TPSA) is 65.2 Å². The fourth-order valence-electron chi connectivity index (χ4n) is 4.07. The number of nitrogens with one attached hydrogen (secondary N) is 2. The molecule has 0 radical (unpaired) electrons. The van der Waals surface area contributed by atoms with Crippen LogP contribution in [0, 0.1) is 5.82 Å². The predicted octanol–water partition coefficient (Wildman–Crippen LogP) is 4.05. The van der Waals surface area contributed by atoms with Gasteiger partial charge >= 0.3 is 0 Å². The van der Waals surface area contributed by atoms with Crippen LogP contribution in [-0.2, 0) is 11.2 Å². The van der Waals surface area contributed by atoms with Crippen molar-refractivity contribution in [3.8, 4) is 0 Å². The molecule has 0 aliphatic carbocycles. The van der Waals surface area contributed by atoms with Crippen LogP contribution in [0.4, 0.5) is 4.39 Å². The Hall–Kier alpha value is -3.15. The number of H-pyrrole nitrogens is 1. The maximum absolute atomic E-state index is 13.0. The largest absolute Gasteiger partial charge is 0.361 e. The number of nitrogens with zero attached hydrogens (tertiary/aromatic N) is 1. The summed E-state index contributed by atoms with van der Waals surface area (Å²) in [6, 6.07) is 13.8. The van der Waals surface area contributed by atoms with Crippen molar-refractivity contribution in [3.05, 3.63) is 71.7 Å². The lowest BCUT2D eigenvalue weighted by atomic mass is 10.0. The molecular weight excluding hydrogens is 381 g/mol. The predicted molar refractivity (Wildman–Crippen MR) is 115 cm³/mol. The van der Waals surface area contributed by atoms with Gasteiger partial charge in [-0.15, -0.1) is 0 Å². The number of hydrogen-bond donors (Lipinski definition) is 2. The molecule has 0 bridgehead atoms. The van der Waals surface area contributed by atoms with Crippen molar-refractivity contribution in [1.82, 2.24) is 15.2 Å². The number of aromatic amines is 1. The molecule has 0 atom stereocenters. The molecule has 4 rings (SSSR count). The Labute approximate surface area is 175 Å². The number of halogens is 1. The highest BCUT2D eigenvalue weighted by Crippen LogP contribution is 2.20. The summed E-state index contributed by atoms with van der Waals surface area (Å²) in [5, 5.41) is 4.21. The standard InChI is InChI=1S/C24H26FN3O2/c25-19-10-8-17(9-11-19)24(30)27-20-12-14-28(15-13-20)23(29)7-3-4-18-16-26-22-6-2-1-5-21(18)22/h1-2,5-6,8-11,16,20,26H,3-4,7,12-15H2,(H,27,30). The molecule has 1 saturated heterocycles. The minimum atomic E-state index is -0.358. The summed E-state index contributed by atoms with van der Waals surface area (Å²) >= 11 is 0. The maximum atomic E-state index is 13.0. The summed E-state index contributed by atoms with van der Waals surface area (Å²) in [7, 11) is 0. The molecule has 0 spiro atoms. The lowest BCUT2D eigenvalue weighted by Crippen LogP contribution is -2.46. The van der Waals surface area contributed by atoms with Gasteiger partial charge < -0.3 is 15.2 Å². The second-order valence-corrected chi connectivity index (χ2v) is 7.85. The average Bonchev–Trinajstić information content (AvgIpc) is 3.18. The van der Waals surface area contributed by atoms with Crippen molar-refractivity contribution in [2.24, 2.45) is 0 Å².